The molecule has 0 spiro atoms. The van der Waals surface area contributed by atoms with Gasteiger partial charge in [-0.1, -0.05) is 23.4 Å². The van der Waals surface area contributed by atoms with Gasteiger partial charge in [0.15, 0.2) is 0 Å². The van der Waals surface area contributed by atoms with Crippen molar-refractivity contribution in [2.24, 2.45) is 5.16 Å². The van der Waals surface area contributed by atoms with Gasteiger partial charge in [0.2, 0.25) is 15.3 Å². The van der Waals surface area contributed by atoms with Crippen LogP contribution in [0.1, 0.15) is 6.42 Å². The number of sulfone groups is 1. The number of carbonyl (C=O) groups excluding carboxylic acids is 1. The summed E-state index contributed by atoms with van der Waals surface area (Å²) in [5.41, 5.74) is -1.05. The first-order chi connectivity index (χ1) is 8.55. The Morgan fingerprint density at radius 1 is 1.39 bits per heavy atom. The zero-order valence-corrected chi connectivity index (χ0v) is 10.5. The van der Waals surface area contributed by atoms with Crippen molar-refractivity contribution in [2.75, 3.05) is 7.05 Å². The molecule has 0 fully saturated rings. The highest BCUT2D eigenvalue weighted by Crippen LogP contribution is 2.23. The summed E-state index contributed by atoms with van der Waals surface area (Å²) in [5.74, 6) is -0.430. The number of benzene rings is 1. The standard InChI is InChI=1S/C11H12N2O4S/c1-12-11(14)9-7-10(17-13-9)18(15,16)8-5-3-2-4-6-8/h2-6,10H,7H2,1H3,(H,12,14). The molecule has 1 unspecified atom stereocenters. The van der Waals surface area contributed by atoms with Crippen LogP contribution in [-0.4, -0.2) is 32.5 Å². The molecule has 96 valence electrons. The second kappa shape index (κ2) is 4.77. The van der Waals surface area contributed by atoms with E-state index in [0.717, 1.165) is 0 Å². The van der Waals surface area contributed by atoms with Crippen LogP contribution in [-0.2, 0) is 19.5 Å². The minimum atomic E-state index is -3.63. The van der Waals surface area contributed by atoms with Crippen LogP contribution in [0.5, 0.6) is 0 Å². The van der Waals surface area contributed by atoms with Crippen LogP contribution in [0.15, 0.2) is 40.4 Å². The van der Waals surface area contributed by atoms with E-state index in [2.05, 4.69) is 10.5 Å². The molecule has 0 saturated heterocycles. The van der Waals surface area contributed by atoms with Crippen LogP contribution >= 0.6 is 0 Å². The Morgan fingerprint density at radius 3 is 2.67 bits per heavy atom. The van der Waals surface area contributed by atoms with Crippen molar-refractivity contribution in [1.29, 1.82) is 0 Å². The van der Waals surface area contributed by atoms with E-state index < -0.39 is 21.2 Å². The number of rotatable bonds is 3. The fourth-order valence-electron chi connectivity index (χ4n) is 1.56. The van der Waals surface area contributed by atoms with Gasteiger partial charge in [0.25, 0.3) is 5.91 Å². The molecule has 6 nitrogen and oxygen atoms in total. The summed E-state index contributed by atoms with van der Waals surface area (Å²) in [6, 6.07) is 7.94. The Balaban J connectivity index is 2.19. The molecule has 0 radical (unpaired) electrons. The lowest BCUT2D eigenvalue weighted by Gasteiger charge is -2.09. The van der Waals surface area contributed by atoms with Crippen molar-refractivity contribution in [3.8, 4) is 0 Å². The predicted molar refractivity (Wildman–Crippen MR) is 64.6 cm³/mol. The van der Waals surface area contributed by atoms with E-state index in [1.807, 2.05) is 0 Å². The molecule has 0 aromatic heterocycles. The molecule has 0 saturated carbocycles. The van der Waals surface area contributed by atoms with Gasteiger partial charge in [0, 0.05) is 7.05 Å². The van der Waals surface area contributed by atoms with Crippen LogP contribution in [0.2, 0.25) is 0 Å². The van der Waals surface area contributed by atoms with E-state index >= 15 is 0 Å². The monoisotopic (exact) mass is 268 g/mol. The first-order valence-corrected chi connectivity index (χ1v) is 6.84. The maximum absolute atomic E-state index is 12.2. The quantitative estimate of drug-likeness (QED) is 0.855. The molecule has 1 aliphatic rings. The SMILES string of the molecule is CNC(=O)C1=NOC(S(=O)(=O)c2ccccc2)C1. The molecule has 2 rings (SSSR count). The second-order valence-electron chi connectivity index (χ2n) is 3.71. The average Bonchev–Trinajstić information content (AvgIpc) is 2.89. The van der Waals surface area contributed by atoms with Crippen molar-refractivity contribution >= 4 is 21.5 Å². The number of nitrogens with one attached hydrogen (secondary N) is 1. The minimum absolute atomic E-state index is 0.0447. The van der Waals surface area contributed by atoms with Gasteiger partial charge in [0.05, 0.1) is 11.3 Å². The molecule has 1 amide bonds. The first-order valence-electron chi connectivity index (χ1n) is 5.29. The Hall–Kier alpha value is -1.89. The van der Waals surface area contributed by atoms with E-state index in [1.54, 1.807) is 18.2 Å². The number of hydrogen-bond acceptors (Lipinski definition) is 5. The lowest BCUT2D eigenvalue weighted by Crippen LogP contribution is -2.29. The van der Waals surface area contributed by atoms with Crippen LogP contribution in [0, 0.1) is 0 Å². The third-order valence-electron chi connectivity index (χ3n) is 2.55. The van der Waals surface area contributed by atoms with Gasteiger partial charge in [-0.2, -0.15) is 0 Å². The predicted octanol–water partition coefficient (Wildman–Crippen LogP) is 0.309. The van der Waals surface area contributed by atoms with Crippen LogP contribution in [0.4, 0.5) is 0 Å². The lowest BCUT2D eigenvalue weighted by molar-refractivity contribution is -0.114. The largest absolute Gasteiger partial charge is 0.375 e. The van der Waals surface area contributed by atoms with Crippen molar-refractivity contribution < 1.29 is 18.0 Å². The molecule has 1 heterocycles. The van der Waals surface area contributed by atoms with Gasteiger partial charge in [-0.15, -0.1) is 0 Å². The first kappa shape index (κ1) is 12.6. The van der Waals surface area contributed by atoms with Crippen molar-refractivity contribution in [2.45, 2.75) is 16.8 Å². The van der Waals surface area contributed by atoms with Gasteiger partial charge in [0.1, 0.15) is 5.71 Å². The highest BCUT2D eigenvalue weighted by Gasteiger charge is 2.36. The smallest absolute Gasteiger partial charge is 0.269 e. The number of oxime groups is 1. The Morgan fingerprint density at radius 2 is 2.06 bits per heavy atom. The average molecular weight is 268 g/mol. The maximum atomic E-state index is 12.2. The van der Waals surface area contributed by atoms with Gasteiger partial charge >= 0.3 is 0 Å². The van der Waals surface area contributed by atoms with E-state index in [1.165, 1.54) is 19.2 Å². The van der Waals surface area contributed by atoms with Gasteiger partial charge < -0.3 is 10.2 Å². The number of hydrogen-bond donors (Lipinski definition) is 1. The molecule has 1 aromatic carbocycles. The zero-order chi connectivity index (χ0) is 13.2. The van der Waals surface area contributed by atoms with Gasteiger partial charge in [-0.25, -0.2) is 8.42 Å². The summed E-state index contributed by atoms with van der Waals surface area (Å²) in [5, 5.41) is 5.88. The maximum Gasteiger partial charge on any atom is 0.269 e. The summed E-state index contributed by atoms with van der Waals surface area (Å²) < 4.78 is 24.3. The molecule has 0 bridgehead atoms. The molecule has 18 heavy (non-hydrogen) atoms. The van der Waals surface area contributed by atoms with Crippen molar-refractivity contribution in [3.63, 3.8) is 0 Å². The lowest BCUT2D eigenvalue weighted by atomic mass is 10.3. The van der Waals surface area contributed by atoms with Crippen LogP contribution < -0.4 is 5.32 Å². The fraction of sp³-hybridized carbons (Fsp3) is 0.273. The van der Waals surface area contributed by atoms with E-state index in [9.17, 15) is 13.2 Å². The normalized spacial score (nSPS) is 18.9. The molecular formula is C11H12N2O4S. The molecule has 0 aliphatic carbocycles. The second-order valence-corrected chi connectivity index (χ2v) is 5.80. The van der Waals surface area contributed by atoms with Crippen molar-refractivity contribution in [3.05, 3.63) is 30.3 Å². The Labute approximate surface area is 105 Å². The molecule has 1 aliphatic heterocycles. The third-order valence-corrected chi connectivity index (χ3v) is 4.42. The van der Waals surface area contributed by atoms with E-state index in [0.29, 0.717) is 0 Å². The van der Waals surface area contributed by atoms with Crippen LogP contribution in [0.25, 0.3) is 0 Å². The molecule has 1 atom stereocenters. The van der Waals surface area contributed by atoms with Crippen molar-refractivity contribution in [1.82, 2.24) is 5.32 Å². The summed E-state index contributed by atoms with van der Waals surface area (Å²) >= 11 is 0. The van der Waals surface area contributed by atoms with Crippen LogP contribution in [0.3, 0.4) is 0 Å². The van der Waals surface area contributed by atoms with E-state index in [4.69, 9.17) is 4.84 Å². The number of nitrogens with zero attached hydrogens (tertiary/aromatic N) is 1. The zero-order valence-electron chi connectivity index (χ0n) is 9.66. The Bertz CT molecular complexity index is 580. The molecule has 1 N–H and O–H groups in total. The Kier molecular flexibility index (Phi) is 3.33. The number of amides is 1. The molecular weight excluding hydrogens is 256 g/mol. The summed E-state index contributed by atoms with van der Waals surface area (Å²) in [7, 11) is -2.18. The highest BCUT2D eigenvalue weighted by atomic mass is 32.2. The minimum Gasteiger partial charge on any atom is -0.375 e. The molecule has 1 aromatic rings. The third kappa shape index (κ3) is 2.21. The van der Waals surface area contributed by atoms with Gasteiger partial charge in [-0.05, 0) is 12.1 Å². The number of carbonyl (C=O) groups is 1. The molecule has 7 heteroatoms. The summed E-state index contributed by atoms with van der Waals surface area (Å²) in [6.07, 6.45) is -0.0447. The van der Waals surface area contributed by atoms with Gasteiger partial charge in [-0.3, -0.25) is 4.79 Å². The fourth-order valence-corrected chi connectivity index (χ4v) is 2.94. The topological polar surface area (TPSA) is 84.8 Å². The summed E-state index contributed by atoms with van der Waals surface area (Å²) in [6.45, 7) is 0. The summed E-state index contributed by atoms with van der Waals surface area (Å²) in [4.78, 5) is 16.3. The van der Waals surface area contributed by atoms with E-state index in [-0.39, 0.29) is 17.0 Å². The highest BCUT2D eigenvalue weighted by molar-refractivity contribution is 7.92.